The molecule has 1 nitrogen and oxygen atoms in total. The van der Waals surface area contributed by atoms with Gasteiger partial charge in [0.15, 0.2) is 0 Å². The predicted octanol–water partition coefficient (Wildman–Crippen LogP) is 5.78. The lowest BCUT2D eigenvalue weighted by atomic mass is 9.99. The summed E-state index contributed by atoms with van der Waals surface area (Å²) in [6.07, 6.45) is 1.83. The van der Waals surface area contributed by atoms with Crippen LogP contribution < -0.4 is 5.32 Å². The van der Waals surface area contributed by atoms with Gasteiger partial charge in [0.25, 0.3) is 0 Å². The van der Waals surface area contributed by atoms with E-state index in [0.29, 0.717) is 11.6 Å². The molecule has 22 heavy (non-hydrogen) atoms. The molecule has 0 aliphatic carbocycles. The van der Waals surface area contributed by atoms with Crippen LogP contribution >= 0.6 is 11.6 Å². The lowest BCUT2D eigenvalue weighted by Gasteiger charge is -2.15. The lowest BCUT2D eigenvalue weighted by Crippen LogP contribution is -2.12. The van der Waals surface area contributed by atoms with Crippen molar-refractivity contribution in [2.45, 2.75) is 13.5 Å². The minimum atomic E-state index is 0.697. The van der Waals surface area contributed by atoms with Gasteiger partial charge in [-0.1, -0.05) is 73.8 Å². The van der Waals surface area contributed by atoms with Crippen LogP contribution in [-0.2, 0) is 6.54 Å². The van der Waals surface area contributed by atoms with Crippen LogP contribution in [-0.4, -0.2) is 0 Å². The SMILES string of the molecule is C=Cc1ccc(CNC(=C)c2cccc(Cl)c2C(=C)C)cc1. The second-order valence-corrected chi connectivity index (χ2v) is 5.63. The van der Waals surface area contributed by atoms with Crippen molar-refractivity contribution in [2.75, 3.05) is 0 Å². The molecule has 0 heterocycles. The maximum absolute atomic E-state index is 6.28. The lowest BCUT2D eigenvalue weighted by molar-refractivity contribution is 0.891. The highest BCUT2D eigenvalue weighted by molar-refractivity contribution is 6.32. The zero-order chi connectivity index (χ0) is 16.1. The summed E-state index contributed by atoms with van der Waals surface area (Å²) in [5, 5.41) is 4.05. The molecule has 0 unspecified atom stereocenters. The van der Waals surface area contributed by atoms with E-state index in [9.17, 15) is 0 Å². The van der Waals surface area contributed by atoms with Gasteiger partial charge in [-0.2, -0.15) is 0 Å². The van der Waals surface area contributed by atoms with Crippen molar-refractivity contribution in [1.29, 1.82) is 0 Å². The minimum Gasteiger partial charge on any atom is -0.381 e. The molecular formula is C20H20ClN. The average Bonchev–Trinajstić information content (AvgIpc) is 2.52. The summed E-state index contributed by atoms with van der Waals surface area (Å²) >= 11 is 6.28. The first-order valence-corrected chi connectivity index (χ1v) is 7.49. The number of hydrogen-bond donors (Lipinski definition) is 1. The van der Waals surface area contributed by atoms with Crippen LogP contribution in [0.15, 0.2) is 62.2 Å². The summed E-state index contributed by atoms with van der Waals surface area (Å²) in [6.45, 7) is 14.6. The smallest absolute Gasteiger partial charge is 0.0487 e. The van der Waals surface area contributed by atoms with Crippen molar-refractivity contribution >= 4 is 28.9 Å². The van der Waals surface area contributed by atoms with Crippen LogP contribution in [0.2, 0.25) is 5.02 Å². The van der Waals surface area contributed by atoms with Crippen molar-refractivity contribution in [3.8, 4) is 0 Å². The van der Waals surface area contributed by atoms with Crippen LogP contribution in [0.5, 0.6) is 0 Å². The molecule has 0 fully saturated rings. The topological polar surface area (TPSA) is 12.0 Å². The Bertz CT molecular complexity index is 711. The van der Waals surface area contributed by atoms with E-state index in [2.05, 4.69) is 37.2 Å². The average molecular weight is 310 g/mol. The largest absolute Gasteiger partial charge is 0.381 e. The number of halogens is 1. The van der Waals surface area contributed by atoms with Crippen molar-refractivity contribution in [1.82, 2.24) is 5.32 Å². The second kappa shape index (κ2) is 7.15. The fraction of sp³-hybridized carbons (Fsp3) is 0.100. The maximum Gasteiger partial charge on any atom is 0.0487 e. The Morgan fingerprint density at radius 1 is 1.14 bits per heavy atom. The van der Waals surface area contributed by atoms with Gasteiger partial charge in [0, 0.05) is 28.4 Å². The Kier molecular flexibility index (Phi) is 5.24. The normalized spacial score (nSPS) is 10.1. The third-order valence-corrected chi connectivity index (χ3v) is 3.80. The summed E-state index contributed by atoms with van der Waals surface area (Å²) in [4.78, 5) is 0. The van der Waals surface area contributed by atoms with E-state index in [-0.39, 0.29) is 0 Å². The Balaban J connectivity index is 2.14. The minimum absolute atomic E-state index is 0.697. The predicted molar refractivity (Wildman–Crippen MR) is 98.6 cm³/mol. The zero-order valence-corrected chi connectivity index (χ0v) is 13.6. The highest BCUT2D eigenvalue weighted by atomic mass is 35.5. The number of benzene rings is 2. The van der Waals surface area contributed by atoms with E-state index in [1.54, 1.807) is 0 Å². The molecule has 112 valence electrons. The monoisotopic (exact) mass is 309 g/mol. The van der Waals surface area contributed by atoms with Gasteiger partial charge in [0.05, 0.1) is 0 Å². The van der Waals surface area contributed by atoms with Crippen LogP contribution in [0.1, 0.15) is 29.2 Å². The molecule has 2 aromatic carbocycles. The number of allylic oxidation sites excluding steroid dienone is 1. The molecule has 0 aliphatic rings. The van der Waals surface area contributed by atoms with Crippen molar-refractivity contribution in [2.24, 2.45) is 0 Å². The van der Waals surface area contributed by atoms with Crippen molar-refractivity contribution < 1.29 is 0 Å². The molecule has 2 heteroatoms. The molecule has 0 atom stereocenters. The van der Waals surface area contributed by atoms with Crippen LogP contribution in [0.3, 0.4) is 0 Å². The summed E-state index contributed by atoms with van der Waals surface area (Å²) in [7, 11) is 0. The molecule has 0 aromatic heterocycles. The molecule has 0 bridgehead atoms. The molecule has 0 aliphatic heterocycles. The number of rotatable bonds is 6. The number of nitrogens with one attached hydrogen (secondary N) is 1. The van der Waals surface area contributed by atoms with Gasteiger partial charge in [-0.3, -0.25) is 0 Å². The summed E-state index contributed by atoms with van der Waals surface area (Å²) < 4.78 is 0. The Hall–Kier alpha value is -2.25. The Morgan fingerprint density at radius 3 is 2.41 bits per heavy atom. The standard InChI is InChI=1S/C20H20ClN/c1-5-16-9-11-17(12-10-16)13-22-15(4)18-7-6-8-19(21)20(18)14(2)3/h5-12,22H,1-2,4,13H2,3H3. The highest BCUT2D eigenvalue weighted by Gasteiger charge is 2.10. The van der Waals surface area contributed by atoms with Crippen LogP contribution in [0.25, 0.3) is 17.3 Å². The van der Waals surface area contributed by atoms with Gasteiger partial charge in [-0.15, -0.1) is 0 Å². The molecule has 0 saturated carbocycles. The van der Waals surface area contributed by atoms with Crippen LogP contribution in [0.4, 0.5) is 0 Å². The van der Waals surface area contributed by atoms with E-state index < -0.39 is 0 Å². The Morgan fingerprint density at radius 2 is 1.82 bits per heavy atom. The number of hydrogen-bond acceptors (Lipinski definition) is 1. The molecule has 0 amide bonds. The van der Waals surface area contributed by atoms with Gasteiger partial charge in [-0.25, -0.2) is 0 Å². The fourth-order valence-electron chi connectivity index (χ4n) is 2.28. The quantitative estimate of drug-likeness (QED) is 0.713. The summed E-state index contributed by atoms with van der Waals surface area (Å²) in [5.74, 6) is 0. The van der Waals surface area contributed by atoms with E-state index in [0.717, 1.165) is 28.0 Å². The van der Waals surface area contributed by atoms with Gasteiger partial charge >= 0.3 is 0 Å². The first-order valence-electron chi connectivity index (χ1n) is 7.12. The highest BCUT2D eigenvalue weighted by Crippen LogP contribution is 2.29. The zero-order valence-electron chi connectivity index (χ0n) is 12.8. The first-order chi connectivity index (χ1) is 10.5. The summed E-state index contributed by atoms with van der Waals surface area (Å²) in [6, 6.07) is 14.1. The third-order valence-electron chi connectivity index (χ3n) is 3.49. The molecular weight excluding hydrogens is 290 g/mol. The van der Waals surface area contributed by atoms with E-state index >= 15 is 0 Å². The van der Waals surface area contributed by atoms with E-state index in [1.165, 1.54) is 5.56 Å². The molecule has 2 aromatic rings. The van der Waals surface area contributed by atoms with Crippen molar-refractivity contribution in [3.05, 3.63) is 89.5 Å². The second-order valence-electron chi connectivity index (χ2n) is 5.22. The molecule has 2 rings (SSSR count). The third kappa shape index (κ3) is 3.69. The van der Waals surface area contributed by atoms with E-state index in [4.69, 9.17) is 11.6 Å². The molecule has 0 radical (unpaired) electrons. The first kappa shape index (κ1) is 16.1. The fourth-order valence-corrected chi connectivity index (χ4v) is 2.62. The summed E-state index contributed by atoms with van der Waals surface area (Å²) in [5.41, 5.74) is 6.01. The van der Waals surface area contributed by atoms with Gasteiger partial charge in [-0.05, 0) is 29.7 Å². The Labute approximate surface area is 137 Å². The molecule has 0 spiro atoms. The molecule has 1 N–H and O–H groups in total. The van der Waals surface area contributed by atoms with Gasteiger partial charge < -0.3 is 5.32 Å². The molecule has 0 saturated heterocycles. The van der Waals surface area contributed by atoms with Gasteiger partial charge in [0.2, 0.25) is 0 Å². The van der Waals surface area contributed by atoms with Crippen LogP contribution in [0, 0.1) is 0 Å². The van der Waals surface area contributed by atoms with E-state index in [1.807, 2.05) is 43.3 Å². The maximum atomic E-state index is 6.28. The van der Waals surface area contributed by atoms with Gasteiger partial charge in [0.1, 0.15) is 0 Å². The van der Waals surface area contributed by atoms with Crippen molar-refractivity contribution in [3.63, 3.8) is 0 Å².